The first-order chi connectivity index (χ1) is 7.27. The summed E-state index contributed by atoms with van der Waals surface area (Å²) in [5.74, 6) is 1.03. The molecule has 1 aromatic heterocycles. The molecule has 0 spiro atoms. The van der Waals surface area contributed by atoms with Crippen LogP contribution < -0.4 is 5.32 Å². The second-order valence-electron chi connectivity index (χ2n) is 3.87. The Labute approximate surface area is 92.0 Å². The Morgan fingerprint density at radius 1 is 1.67 bits per heavy atom. The molecule has 2 atom stereocenters. The molecule has 0 aromatic carbocycles. The van der Waals surface area contributed by atoms with E-state index in [0.29, 0.717) is 12.1 Å². The van der Waals surface area contributed by atoms with Crippen molar-refractivity contribution in [3.05, 3.63) is 30.9 Å². The summed E-state index contributed by atoms with van der Waals surface area (Å²) in [5.41, 5.74) is 0. The fourth-order valence-electron chi connectivity index (χ4n) is 1.65. The van der Waals surface area contributed by atoms with Gasteiger partial charge in [0, 0.05) is 18.4 Å². The van der Waals surface area contributed by atoms with Crippen molar-refractivity contribution < 1.29 is 0 Å². The van der Waals surface area contributed by atoms with Gasteiger partial charge in [-0.15, -0.1) is 6.58 Å². The highest BCUT2D eigenvalue weighted by Gasteiger charge is 2.13. The lowest BCUT2D eigenvalue weighted by Gasteiger charge is -2.20. The van der Waals surface area contributed by atoms with Gasteiger partial charge < -0.3 is 10.3 Å². The van der Waals surface area contributed by atoms with E-state index in [1.807, 2.05) is 12.3 Å². The lowest BCUT2D eigenvalue weighted by molar-refractivity contribution is 0.417. The Hall–Kier alpha value is -1.09. The normalized spacial score (nSPS) is 14.8. The molecule has 3 heteroatoms. The van der Waals surface area contributed by atoms with Gasteiger partial charge in [0.05, 0.1) is 6.04 Å². The molecule has 2 N–H and O–H groups in total. The number of allylic oxidation sites excluding steroid dienone is 1. The molecule has 0 bridgehead atoms. The maximum absolute atomic E-state index is 4.28. The zero-order chi connectivity index (χ0) is 11.1. The highest BCUT2D eigenvalue weighted by molar-refractivity contribution is 4.95. The second-order valence-corrected chi connectivity index (χ2v) is 3.87. The molecule has 15 heavy (non-hydrogen) atoms. The number of nitrogens with one attached hydrogen (secondary N) is 2. The van der Waals surface area contributed by atoms with Crippen molar-refractivity contribution in [2.24, 2.45) is 0 Å². The van der Waals surface area contributed by atoms with E-state index in [2.05, 4.69) is 35.7 Å². The van der Waals surface area contributed by atoms with Gasteiger partial charge in [-0.2, -0.15) is 0 Å². The van der Waals surface area contributed by atoms with Crippen molar-refractivity contribution in [3.8, 4) is 0 Å². The first-order valence-electron chi connectivity index (χ1n) is 5.64. The van der Waals surface area contributed by atoms with Crippen LogP contribution in [0.3, 0.4) is 0 Å². The molecular formula is C12H21N3. The third-order valence-electron chi connectivity index (χ3n) is 2.55. The minimum absolute atomic E-state index is 0.333. The number of nitrogens with zero attached hydrogens (tertiary/aromatic N) is 1. The summed E-state index contributed by atoms with van der Waals surface area (Å²) in [6, 6.07) is 0.831. The quantitative estimate of drug-likeness (QED) is 0.675. The lowest BCUT2D eigenvalue weighted by atomic mass is 10.1. The summed E-state index contributed by atoms with van der Waals surface area (Å²) in [6.45, 7) is 8.11. The van der Waals surface area contributed by atoms with Crippen LogP contribution >= 0.6 is 0 Å². The zero-order valence-corrected chi connectivity index (χ0v) is 9.66. The van der Waals surface area contributed by atoms with E-state index in [9.17, 15) is 0 Å². The van der Waals surface area contributed by atoms with Gasteiger partial charge in [-0.25, -0.2) is 4.98 Å². The number of H-pyrrole nitrogens is 1. The van der Waals surface area contributed by atoms with Crippen molar-refractivity contribution in [2.45, 2.75) is 45.2 Å². The van der Waals surface area contributed by atoms with Crippen LogP contribution in [0, 0.1) is 0 Å². The number of imidazole rings is 1. The van der Waals surface area contributed by atoms with Crippen LogP contribution in [0.2, 0.25) is 0 Å². The maximum atomic E-state index is 4.28. The molecule has 0 aliphatic carbocycles. The highest BCUT2D eigenvalue weighted by atomic mass is 15.0. The summed E-state index contributed by atoms with van der Waals surface area (Å²) in [7, 11) is 0. The minimum atomic E-state index is 0.333. The van der Waals surface area contributed by atoms with Crippen LogP contribution in [-0.2, 0) is 0 Å². The number of hydrogen-bond acceptors (Lipinski definition) is 2. The van der Waals surface area contributed by atoms with Crippen molar-refractivity contribution in [2.75, 3.05) is 0 Å². The van der Waals surface area contributed by atoms with Crippen LogP contribution in [0.15, 0.2) is 25.0 Å². The Balaban J connectivity index is 2.43. The number of aromatic nitrogens is 2. The lowest BCUT2D eigenvalue weighted by Crippen LogP contribution is -2.30. The molecule has 3 nitrogen and oxygen atoms in total. The SMILES string of the molecule is C=CCCC(C)NC(CC)c1ncc[nH]1. The van der Waals surface area contributed by atoms with E-state index in [-0.39, 0.29) is 0 Å². The van der Waals surface area contributed by atoms with Crippen LogP contribution in [-0.4, -0.2) is 16.0 Å². The topological polar surface area (TPSA) is 40.7 Å². The Morgan fingerprint density at radius 2 is 2.47 bits per heavy atom. The Bertz CT molecular complexity index is 266. The monoisotopic (exact) mass is 207 g/mol. The first-order valence-corrected chi connectivity index (χ1v) is 5.64. The third-order valence-corrected chi connectivity index (χ3v) is 2.55. The van der Waals surface area contributed by atoms with Crippen molar-refractivity contribution in [1.82, 2.24) is 15.3 Å². The summed E-state index contributed by atoms with van der Waals surface area (Å²) in [5, 5.41) is 3.56. The molecule has 0 aliphatic rings. The summed E-state index contributed by atoms with van der Waals surface area (Å²) in [6.07, 6.45) is 8.86. The molecule has 0 saturated heterocycles. The molecule has 2 unspecified atom stereocenters. The third kappa shape index (κ3) is 3.88. The molecule has 0 aliphatic heterocycles. The fourth-order valence-corrected chi connectivity index (χ4v) is 1.65. The van der Waals surface area contributed by atoms with Crippen molar-refractivity contribution >= 4 is 0 Å². The molecular weight excluding hydrogens is 186 g/mol. The summed E-state index contributed by atoms with van der Waals surface area (Å²) in [4.78, 5) is 7.44. The van der Waals surface area contributed by atoms with Crippen molar-refractivity contribution in [1.29, 1.82) is 0 Å². The number of aromatic amines is 1. The van der Waals surface area contributed by atoms with Gasteiger partial charge in [0.2, 0.25) is 0 Å². The number of rotatable bonds is 7. The van der Waals surface area contributed by atoms with Gasteiger partial charge in [-0.05, 0) is 26.2 Å². The van der Waals surface area contributed by atoms with Crippen LogP contribution in [0.5, 0.6) is 0 Å². The average molecular weight is 207 g/mol. The molecule has 1 heterocycles. The summed E-state index contributed by atoms with van der Waals surface area (Å²) < 4.78 is 0. The van der Waals surface area contributed by atoms with E-state index in [0.717, 1.165) is 25.1 Å². The van der Waals surface area contributed by atoms with Gasteiger partial charge in [0.1, 0.15) is 5.82 Å². The largest absolute Gasteiger partial charge is 0.347 e. The van der Waals surface area contributed by atoms with Gasteiger partial charge in [0.25, 0.3) is 0 Å². The van der Waals surface area contributed by atoms with E-state index in [1.54, 1.807) is 6.20 Å². The molecule has 0 fully saturated rings. The Kier molecular flexibility index (Phi) is 5.12. The second kappa shape index (κ2) is 6.40. The first kappa shape index (κ1) is 12.0. The van der Waals surface area contributed by atoms with E-state index in [4.69, 9.17) is 0 Å². The molecule has 1 aromatic rings. The molecule has 0 amide bonds. The highest BCUT2D eigenvalue weighted by Crippen LogP contribution is 2.13. The van der Waals surface area contributed by atoms with Gasteiger partial charge in [0.15, 0.2) is 0 Å². The van der Waals surface area contributed by atoms with E-state index >= 15 is 0 Å². The molecule has 0 radical (unpaired) electrons. The predicted octanol–water partition coefficient (Wildman–Crippen LogP) is 2.81. The van der Waals surface area contributed by atoms with Crippen LogP contribution in [0.25, 0.3) is 0 Å². The predicted molar refractivity (Wildman–Crippen MR) is 63.6 cm³/mol. The van der Waals surface area contributed by atoms with E-state index in [1.165, 1.54) is 0 Å². The molecule has 84 valence electrons. The molecule has 0 saturated carbocycles. The maximum Gasteiger partial charge on any atom is 0.123 e. The molecule has 1 rings (SSSR count). The fraction of sp³-hybridized carbons (Fsp3) is 0.583. The van der Waals surface area contributed by atoms with Gasteiger partial charge in [-0.3, -0.25) is 0 Å². The minimum Gasteiger partial charge on any atom is -0.347 e. The number of hydrogen-bond donors (Lipinski definition) is 2. The van der Waals surface area contributed by atoms with Crippen molar-refractivity contribution in [3.63, 3.8) is 0 Å². The summed E-state index contributed by atoms with van der Waals surface area (Å²) >= 11 is 0. The Morgan fingerprint density at radius 3 is 3.00 bits per heavy atom. The van der Waals surface area contributed by atoms with E-state index < -0.39 is 0 Å². The van der Waals surface area contributed by atoms with Gasteiger partial charge >= 0.3 is 0 Å². The smallest absolute Gasteiger partial charge is 0.123 e. The average Bonchev–Trinajstić information content (AvgIpc) is 2.76. The standard InChI is InChI=1S/C12H21N3/c1-4-6-7-10(3)15-11(5-2)12-13-8-9-14-12/h4,8-11,15H,1,5-7H2,2-3H3,(H,13,14). The van der Waals surface area contributed by atoms with Crippen LogP contribution in [0.4, 0.5) is 0 Å². The van der Waals surface area contributed by atoms with Gasteiger partial charge in [-0.1, -0.05) is 13.0 Å². The zero-order valence-electron chi connectivity index (χ0n) is 9.66. The van der Waals surface area contributed by atoms with Crippen LogP contribution in [0.1, 0.15) is 45.0 Å².